The number of aromatic nitrogens is 3. The fourth-order valence-corrected chi connectivity index (χ4v) is 2.06. The molecule has 5 nitrogen and oxygen atoms in total. The number of rotatable bonds is 4. The molecule has 0 aromatic carbocycles. The molecule has 1 atom stereocenters. The molecule has 2 rings (SSSR count). The number of aryl methyl sites for hydroxylation is 1. The first-order valence-corrected chi connectivity index (χ1v) is 6.06. The monoisotopic (exact) mass is 259 g/mol. The van der Waals surface area contributed by atoms with Crippen molar-refractivity contribution >= 4 is 0 Å². The minimum atomic E-state index is -0.693. The Morgan fingerprint density at radius 3 is 2.74 bits per heavy atom. The number of hydrogen-bond donors (Lipinski definition) is 1. The van der Waals surface area contributed by atoms with Crippen molar-refractivity contribution in [1.82, 2.24) is 15.0 Å². The van der Waals surface area contributed by atoms with E-state index in [1.807, 2.05) is 13.8 Å². The van der Waals surface area contributed by atoms with Gasteiger partial charge in [-0.05, 0) is 19.9 Å². The van der Waals surface area contributed by atoms with Gasteiger partial charge in [0.05, 0.1) is 12.8 Å². The molecule has 0 amide bonds. The average Bonchev–Trinajstić information content (AvgIpc) is 2.43. The summed E-state index contributed by atoms with van der Waals surface area (Å²) < 4.78 is 5.36. The van der Waals surface area contributed by atoms with E-state index in [9.17, 15) is 5.11 Å². The van der Waals surface area contributed by atoms with Gasteiger partial charge in [-0.2, -0.15) is 0 Å². The summed E-state index contributed by atoms with van der Waals surface area (Å²) in [5.74, 6) is 0.819. The largest absolute Gasteiger partial charge is 0.496 e. The molecule has 0 saturated carbocycles. The Morgan fingerprint density at radius 2 is 2.11 bits per heavy atom. The van der Waals surface area contributed by atoms with E-state index >= 15 is 0 Å². The molecule has 0 fully saturated rings. The standard InChI is InChI=1S/C14H17N3O2/c1-9-7-16-12(10(2)14(9)19-3)6-13(18)11-4-5-15-8-17-11/h4-5,7-8,13,18H,6H2,1-3H3. The number of aliphatic hydroxyl groups excluding tert-OH is 1. The molecule has 2 heterocycles. The number of hydrogen-bond acceptors (Lipinski definition) is 5. The molecule has 0 saturated heterocycles. The van der Waals surface area contributed by atoms with E-state index in [2.05, 4.69) is 15.0 Å². The van der Waals surface area contributed by atoms with Gasteiger partial charge in [-0.15, -0.1) is 0 Å². The smallest absolute Gasteiger partial charge is 0.128 e. The van der Waals surface area contributed by atoms with Gasteiger partial charge in [0, 0.05) is 35.6 Å². The van der Waals surface area contributed by atoms with Gasteiger partial charge in [-0.1, -0.05) is 0 Å². The van der Waals surface area contributed by atoms with Crippen LogP contribution >= 0.6 is 0 Å². The van der Waals surface area contributed by atoms with E-state index in [1.54, 1.807) is 25.6 Å². The van der Waals surface area contributed by atoms with Crippen molar-refractivity contribution in [1.29, 1.82) is 0 Å². The summed E-state index contributed by atoms with van der Waals surface area (Å²) in [4.78, 5) is 12.2. The zero-order valence-corrected chi connectivity index (χ0v) is 11.3. The minimum absolute atomic E-state index is 0.402. The first-order chi connectivity index (χ1) is 9.13. The molecule has 0 radical (unpaired) electrons. The van der Waals surface area contributed by atoms with Gasteiger partial charge in [0.2, 0.25) is 0 Å². The van der Waals surface area contributed by atoms with Crippen LogP contribution in [0.4, 0.5) is 0 Å². The zero-order valence-electron chi connectivity index (χ0n) is 11.3. The van der Waals surface area contributed by atoms with E-state index in [0.717, 1.165) is 22.6 Å². The van der Waals surface area contributed by atoms with Crippen molar-refractivity contribution in [2.24, 2.45) is 0 Å². The van der Waals surface area contributed by atoms with Crippen LogP contribution in [0.1, 0.15) is 28.6 Å². The van der Waals surface area contributed by atoms with Gasteiger partial charge in [0.15, 0.2) is 0 Å². The highest BCUT2D eigenvalue weighted by Gasteiger charge is 2.15. The predicted octanol–water partition coefficient (Wildman–Crippen LogP) is 1.77. The highest BCUT2D eigenvalue weighted by atomic mass is 16.5. The van der Waals surface area contributed by atoms with E-state index in [1.165, 1.54) is 6.33 Å². The SMILES string of the molecule is COc1c(C)cnc(CC(O)c2ccncn2)c1C. The van der Waals surface area contributed by atoms with Gasteiger partial charge in [-0.3, -0.25) is 4.98 Å². The van der Waals surface area contributed by atoms with Gasteiger partial charge in [-0.25, -0.2) is 9.97 Å². The Bertz CT molecular complexity index is 558. The molecule has 1 unspecified atom stereocenters. The van der Waals surface area contributed by atoms with Crippen molar-refractivity contribution in [3.8, 4) is 5.75 Å². The maximum absolute atomic E-state index is 10.2. The summed E-state index contributed by atoms with van der Waals surface area (Å²) in [6.45, 7) is 3.89. The molecule has 0 spiro atoms. The van der Waals surface area contributed by atoms with Crippen LogP contribution in [0.5, 0.6) is 5.75 Å². The van der Waals surface area contributed by atoms with Gasteiger partial charge in [0.1, 0.15) is 18.2 Å². The summed E-state index contributed by atoms with van der Waals surface area (Å²) in [6, 6.07) is 1.70. The van der Waals surface area contributed by atoms with Gasteiger partial charge >= 0.3 is 0 Å². The third-order valence-electron chi connectivity index (χ3n) is 3.08. The van der Waals surface area contributed by atoms with Crippen LogP contribution < -0.4 is 4.74 Å². The molecule has 1 N–H and O–H groups in total. The third kappa shape index (κ3) is 2.88. The number of ether oxygens (including phenoxy) is 1. The Morgan fingerprint density at radius 1 is 1.32 bits per heavy atom. The summed E-state index contributed by atoms with van der Waals surface area (Å²) in [7, 11) is 1.64. The second-order valence-electron chi connectivity index (χ2n) is 4.40. The number of aliphatic hydroxyl groups is 1. The van der Waals surface area contributed by atoms with E-state index in [0.29, 0.717) is 12.1 Å². The molecule has 5 heteroatoms. The van der Waals surface area contributed by atoms with Crippen LogP contribution in [-0.4, -0.2) is 27.2 Å². The molecular weight excluding hydrogens is 242 g/mol. The number of nitrogens with zero attached hydrogens (tertiary/aromatic N) is 3. The Labute approximate surface area is 112 Å². The maximum Gasteiger partial charge on any atom is 0.128 e. The minimum Gasteiger partial charge on any atom is -0.496 e. The van der Waals surface area contributed by atoms with Crippen LogP contribution in [0.15, 0.2) is 24.8 Å². The molecular formula is C14H17N3O2. The topological polar surface area (TPSA) is 68.1 Å². The van der Waals surface area contributed by atoms with E-state index in [4.69, 9.17) is 4.74 Å². The van der Waals surface area contributed by atoms with Crippen molar-refractivity contribution in [3.05, 3.63) is 47.3 Å². The summed E-state index contributed by atoms with van der Waals surface area (Å²) in [5, 5.41) is 10.2. The molecule has 2 aromatic rings. The molecule has 0 aliphatic carbocycles. The normalized spacial score (nSPS) is 12.2. The maximum atomic E-state index is 10.2. The van der Waals surface area contributed by atoms with E-state index < -0.39 is 6.10 Å². The van der Waals surface area contributed by atoms with Crippen molar-refractivity contribution in [2.45, 2.75) is 26.4 Å². The lowest BCUT2D eigenvalue weighted by atomic mass is 10.0. The fraction of sp³-hybridized carbons (Fsp3) is 0.357. The molecule has 19 heavy (non-hydrogen) atoms. The molecule has 0 aliphatic heterocycles. The Hall–Kier alpha value is -2.01. The number of methoxy groups -OCH3 is 1. The summed E-state index contributed by atoms with van der Waals surface area (Å²) in [6.07, 6.45) is 4.50. The molecule has 2 aromatic heterocycles. The second-order valence-corrected chi connectivity index (χ2v) is 4.40. The van der Waals surface area contributed by atoms with E-state index in [-0.39, 0.29) is 0 Å². The molecule has 0 bridgehead atoms. The summed E-state index contributed by atoms with van der Waals surface area (Å²) >= 11 is 0. The third-order valence-corrected chi connectivity index (χ3v) is 3.08. The lowest BCUT2D eigenvalue weighted by Crippen LogP contribution is -2.08. The quantitative estimate of drug-likeness (QED) is 0.906. The second kappa shape index (κ2) is 5.75. The van der Waals surface area contributed by atoms with Crippen LogP contribution in [0.2, 0.25) is 0 Å². The average molecular weight is 259 g/mol. The van der Waals surface area contributed by atoms with Gasteiger partial charge < -0.3 is 9.84 Å². The fourth-order valence-electron chi connectivity index (χ4n) is 2.06. The highest BCUT2D eigenvalue weighted by Crippen LogP contribution is 2.26. The van der Waals surface area contributed by atoms with Crippen LogP contribution in [0, 0.1) is 13.8 Å². The summed E-state index contributed by atoms with van der Waals surface area (Å²) in [5.41, 5.74) is 3.35. The first-order valence-electron chi connectivity index (χ1n) is 6.06. The lowest BCUT2D eigenvalue weighted by Gasteiger charge is -2.14. The zero-order chi connectivity index (χ0) is 13.8. The van der Waals surface area contributed by atoms with Gasteiger partial charge in [0.25, 0.3) is 0 Å². The number of pyridine rings is 1. The Balaban J connectivity index is 2.25. The Kier molecular flexibility index (Phi) is 4.06. The first kappa shape index (κ1) is 13.4. The van der Waals surface area contributed by atoms with Crippen LogP contribution in [0.25, 0.3) is 0 Å². The van der Waals surface area contributed by atoms with Crippen LogP contribution in [0.3, 0.4) is 0 Å². The van der Waals surface area contributed by atoms with Crippen molar-refractivity contribution in [2.75, 3.05) is 7.11 Å². The van der Waals surface area contributed by atoms with Crippen LogP contribution in [-0.2, 0) is 6.42 Å². The van der Waals surface area contributed by atoms with Crippen molar-refractivity contribution in [3.63, 3.8) is 0 Å². The molecule has 0 aliphatic rings. The highest BCUT2D eigenvalue weighted by molar-refractivity contribution is 5.41. The molecule has 100 valence electrons. The predicted molar refractivity (Wildman–Crippen MR) is 71.0 cm³/mol. The van der Waals surface area contributed by atoms with Crippen molar-refractivity contribution < 1.29 is 9.84 Å². The lowest BCUT2D eigenvalue weighted by molar-refractivity contribution is 0.172.